The van der Waals surface area contributed by atoms with Crippen molar-refractivity contribution in [2.24, 2.45) is 0 Å². The number of nitrogens with zero attached hydrogens (tertiary/aromatic N) is 1. The first-order valence-corrected chi connectivity index (χ1v) is 5.21. The highest BCUT2D eigenvalue weighted by Crippen LogP contribution is 2.29. The third-order valence-electron chi connectivity index (χ3n) is 2.27. The number of benzene rings is 1. The quantitative estimate of drug-likeness (QED) is 0.780. The first-order chi connectivity index (χ1) is 6.59. The van der Waals surface area contributed by atoms with Gasteiger partial charge in [-0.3, -0.25) is 4.98 Å². The summed E-state index contributed by atoms with van der Waals surface area (Å²) in [5.41, 5.74) is 9.77. The molecular weight excluding hydrogens is 240 g/mol. The Kier molecular flexibility index (Phi) is 2.19. The van der Waals surface area contributed by atoms with E-state index in [4.69, 9.17) is 5.73 Å². The van der Waals surface area contributed by atoms with Gasteiger partial charge in [0, 0.05) is 21.2 Å². The molecule has 0 aliphatic heterocycles. The van der Waals surface area contributed by atoms with Gasteiger partial charge in [0.05, 0.1) is 5.52 Å². The van der Waals surface area contributed by atoms with E-state index in [1.165, 1.54) is 5.56 Å². The second kappa shape index (κ2) is 3.24. The van der Waals surface area contributed by atoms with Gasteiger partial charge in [-0.2, -0.15) is 0 Å². The molecule has 1 aromatic carbocycles. The van der Waals surface area contributed by atoms with Crippen molar-refractivity contribution in [3.05, 3.63) is 33.9 Å². The van der Waals surface area contributed by atoms with Crippen LogP contribution in [-0.4, -0.2) is 4.98 Å². The molecule has 0 saturated carbocycles. The van der Waals surface area contributed by atoms with Crippen LogP contribution in [0.5, 0.6) is 0 Å². The van der Waals surface area contributed by atoms with Crippen LogP contribution in [0, 0.1) is 13.8 Å². The zero-order valence-electron chi connectivity index (χ0n) is 8.13. The van der Waals surface area contributed by atoms with Crippen molar-refractivity contribution in [1.82, 2.24) is 4.98 Å². The molecule has 2 rings (SSSR count). The Hall–Kier alpha value is -1.09. The Balaban J connectivity index is 2.95. The normalized spacial score (nSPS) is 10.8. The van der Waals surface area contributed by atoms with Crippen LogP contribution in [-0.2, 0) is 0 Å². The van der Waals surface area contributed by atoms with Gasteiger partial charge in [-0.25, -0.2) is 0 Å². The molecule has 1 heterocycles. The maximum absolute atomic E-state index is 5.92. The van der Waals surface area contributed by atoms with Crippen LogP contribution in [0.4, 0.5) is 5.69 Å². The Morgan fingerprint density at radius 3 is 2.71 bits per heavy atom. The number of rotatable bonds is 0. The molecule has 1 aromatic heterocycles. The smallest absolute Gasteiger partial charge is 0.0870 e. The molecule has 0 bridgehead atoms. The average Bonchev–Trinajstić information content (AvgIpc) is 2.12. The lowest BCUT2D eigenvalue weighted by molar-refractivity contribution is 1.25. The van der Waals surface area contributed by atoms with Crippen molar-refractivity contribution < 1.29 is 0 Å². The van der Waals surface area contributed by atoms with Gasteiger partial charge in [-0.15, -0.1) is 0 Å². The number of aryl methyl sites for hydroxylation is 2. The topological polar surface area (TPSA) is 38.9 Å². The summed E-state index contributed by atoms with van der Waals surface area (Å²) in [4.78, 5) is 4.47. The van der Waals surface area contributed by atoms with Gasteiger partial charge in [0.1, 0.15) is 0 Å². The second-order valence-corrected chi connectivity index (χ2v) is 4.24. The summed E-state index contributed by atoms with van der Waals surface area (Å²) < 4.78 is 1.03. The Morgan fingerprint density at radius 1 is 1.29 bits per heavy atom. The fourth-order valence-electron chi connectivity index (χ4n) is 1.52. The monoisotopic (exact) mass is 250 g/mol. The first-order valence-electron chi connectivity index (χ1n) is 4.41. The lowest BCUT2D eigenvalue weighted by Gasteiger charge is -2.06. The molecule has 2 nitrogen and oxygen atoms in total. The predicted molar refractivity (Wildman–Crippen MR) is 63.3 cm³/mol. The van der Waals surface area contributed by atoms with Crippen LogP contribution < -0.4 is 5.73 Å². The number of nitrogens with two attached hydrogens (primary N) is 1. The van der Waals surface area contributed by atoms with E-state index in [2.05, 4.69) is 20.9 Å². The molecule has 0 fully saturated rings. The minimum absolute atomic E-state index is 0.785. The SMILES string of the molecule is Cc1cc(N)c2ccc(C)c(Br)c2n1. The molecule has 0 saturated heterocycles. The van der Waals surface area contributed by atoms with Gasteiger partial charge in [-0.1, -0.05) is 12.1 Å². The number of anilines is 1. The molecule has 0 aliphatic rings. The molecule has 0 unspecified atom stereocenters. The summed E-state index contributed by atoms with van der Waals surface area (Å²) in [6, 6.07) is 5.95. The zero-order chi connectivity index (χ0) is 10.3. The van der Waals surface area contributed by atoms with E-state index < -0.39 is 0 Å². The van der Waals surface area contributed by atoms with Gasteiger partial charge < -0.3 is 5.73 Å². The lowest BCUT2D eigenvalue weighted by atomic mass is 10.1. The zero-order valence-corrected chi connectivity index (χ0v) is 9.72. The third kappa shape index (κ3) is 1.38. The molecule has 0 amide bonds. The molecule has 0 atom stereocenters. The summed E-state index contributed by atoms with van der Waals surface area (Å²) in [7, 11) is 0. The highest BCUT2D eigenvalue weighted by molar-refractivity contribution is 9.10. The van der Waals surface area contributed by atoms with Crippen molar-refractivity contribution in [3.63, 3.8) is 0 Å². The van der Waals surface area contributed by atoms with Crippen LogP contribution in [0.1, 0.15) is 11.3 Å². The molecule has 14 heavy (non-hydrogen) atoms. The Labute approximate surface area is 91.3 Å². The van der Waals surface area contributed by atoms with Crippen LogP contribution >= 0.6 is 15.9 Å². The van der Waals surface area contributed by atoms with Crippen molar-refractivity contribution >= 4 is 32.5 Å². The Bertz CT molecular complexity index is 506. The molecule has 0 spiro atoms. The summed E-state index contributed by atoms with van der Waals surface area (Å²) in [6.07, 6.45) is 0. The largest absolute Gasteiger partial charge is 0.398 e. The number of halogens is 1. The third-order valence-corrected chi connectivity index (χ3v) is 3.27. The molecule has 0 aliphatic carbocycles. The molecule has 2 N–H and O–H groups in total. The van der Waals surface area contributed by atoms with Crippen molar-refractivity contribution in [3.8, 4) is 0 Å². The number of fused-ring (bicyclic) bond motifs is 1. The minimum atomic E-state index is 0.785. The number of nitrogen functional groups attached to an aromatic ring is 1. The molecule has 72 valence electrons. The maximum atomic E-state index is 5.92. The van der Waals surface area contributed by atoms with E-state index in [1.54, 1.807) is 0 Å². The van der Waals surface area contributed by atoms with E-state index in [1.807, 2.05) is 32.0 Å². The van der Waals surface area contributed by atoms with E-state index in [0.29, 0.717) is 0 Å². The van der Waals surface area contributed by atoms with Crippen LogP contribution in [0.2, 0.25) is 0 Å². The first kappa shape index (κ1) is 9.46. The maximum Gasteiger partial charge on any atom is 0.0870 e. The van der Waals surface area contributed by atoms with Crippen LogP contribution in [0.15, 0.2) is 22.7 Å². The van der Waals surface area contributed by atoms with Gasteiger partial charge >= 0.3 is 0 Å². The fourth-order valence-corrected chi connectivity index (χ4v) is 1.95. The van der Waals surface area contributed by atoms with E-state index in [-0.39, 0.29) is 0 Å². The number of pyridine rings is 1. The fraction of sp³-hybridized carbons (Fsp3) is 0.182. The van der Waals surface area contributed by atoms with Crippen LogP contribution in [0.3, 0.4) is 0 Å². The van der Waals surface area contributed by atoms with E-state index in [9.17, 15) is 0 Å². The van der Waals surface area contributed by atoms with Gasteiger partial charge in [-0.05, 0) is 41.4 Å². The van der Waals surface area contributed by atoms with Gasteiger partial charge in [0.15, 0.2) is 0 Å². The second-order valence-electron chi connectivity index (χ2n) is 3.45. The summed E-state index contributed by atoms with van der Waals surface area (Å²) in [5.74, 6) is 0. The molecule has 3 heteroatoms. The summed E-state index contributed by atoms with van der Waals surface area (Å²) in [5, 5.41) is 1.01. The summed E-state index contributed by atoms with van der Waals surface area (Å²) in [6.45, 7) is 3.99. The highest BCUT2D eigenvalue weighted by atomic mass is 79.9. The summed E-state index contributed by atoms with van der Waals surface area (Å²) >= 11 is 3.53. The van der Waals surface area contributed by atoms with Crippen LogP contribution in [0.25, 0.3) is 10.9 Å². The lowest BCUT2D eigenvalue weighted by Crippen LogP contribution is -1.93. The number of hydrogen-bond acceptors (Lipinski definition) is 2. The molecular formula is C11H11BrN2. The van der Waals surface area contributed by atoms with Gasteiger partial charge in [0.25, 0.3) is 0 Å². The number of hydrogen-bond donors (Lipinski definition) is 1. The number of aromatic nitrogens is 1. The van der Waals surface area contributed by atoms with Gasteiger partial charge in [0.2, 0.25) is 0 Å². The van der Waals surface area contributed by atoms with Crippen molar-refractivity contribution in [2.75, 3.05) is 5.73 Å². The standard InChI is InChI=1S/C11H11BrN2/c1-6-3-4-8-9(13)5-7(2)14-11(8)10(6)12/h3-5H,1-2H3,(H2,13,14). The predicted octanol–water partition coefficient (Wildman–Crippen LogP) is 3.20. The molecule has 0 radical (unpaired) electrons. The highest BCUT2D eigenvalue weighted by Gasteiger charge is 2.06. The van der Waals surface area contributed by atoms with E-state index in [0.717, 1.165) is 26.8 Å². The van der Waals surface area contributed by atoms with Crippen molar-refractivity contribution in [2.45, 2.75) is 13.8 Å². The minimum Gasteiger partial charge on any atom is -0.398 e. The Morgan fingerprint density at radius 2 is 2.00 bits per heavy atom. The van der Waals surface area contributed by atoms with E-state index >= 15 is 0 Å². The van der Waals surface area contributed by atoms with Crippen molar-refractivity contribution in [1.29, 1.82) is 0 Å². The molecule has 2 aromatic rings. The average molecular weight is 251 g/mol.